The van der Waals surface area contributed by atoms with Crippen LogP contribution in [0.25, 0.3) is 0 Å². The van der Waals surface area contributed by atoms with Crippen LogP contribution in [0.3, 0.4) is 0 Å². The second-order valence-corrected chi connectivity index (χ2v) is 7.73. The highest BCUT2D eigenvalue weighted by atomic mass is 19.1. The molecule has 3 heterocycles. The number of aromatic nitrogens is 2. The minimum Gasteiger partial charge on any atom is -0.369 e. The van der Waals surface area contributed by atoms with Gasteiger partial charge >= 0.3 is 0 Å². The topological polar surface area (TPSA) is 86.3 Å². The van der Waals surface area contributed by atoms with Crippen LogP contribution in [0.15, 0.2) is 29.1 Å². The Morgan fingerprint density at radius 3 is 2.69 bits per heavy atom. The van der Waals surface area contributed by atoms with Crippen molar-refractivity contribution in [2.75, 3.05) is 24.5 Å². The molecule has 0 radical (unpaired) electrons. The average molecular weight is 397 g/mol. The molecule has 1 atom stereocenters. The monoisotopic (exact) mass is 397 g/mol. The molecule has 2 saturated heterocycles. The van der Waals surface area contributed by atoms with E-state index in [0.717, 1.165) is 25.7 Å². The molecule has 7 nitrogen and oxygen atoms in total. The zero-order chi connectivity index (χ0) is 20.2. The summed E-state index contributed by atoms with van der Waals surface area (Å²) >= 11 is 0. The number of anilines is 1. The first kappa shape index (κ1) is 19.4. The van der Waals surface area contributed by atoms with Gasteiger partial charge in [-0.2, -0.15) is 10.2 Å². The van der Waals surface area contributed by atoms with E-state index in [4.69, 9.17) is 9.78 Å². The lowest BCUT2D eigenvalue weighted by Gasteiger charge is -2.37. The number of nitrogens with zero attached hydrogens (tertiary/aromatic N) is 5. The van der Waals surface area contributed by atoms with E-state index in [-0.39, 0.29) is 17.9 Å². The molecule has 29 heavy (non-hydrogen) atoms. The molecule has 0 bridgehead atoms. The fourth-order valence-electron chi connectivity index (χ4n) is 4.40. The van der Waals surface area contributed by atoms with E-state index in [2.05, 4.69) is 10.1 Å². The number of likely N-dealkylation sites (tertiary alicyclic amines) is 1. The van der Waals surface area contributed by atoms with E-state index in [0.29, 0.717) is 49.6 Å². The highest BCUT2D eigenvalue weighted by Crippen LogP contribution is 2.32. The van der Waals surface area contributed by atoms with Crippen molar-refractivity contribution in [2.24, 2.45) is 5.92 Å². The van der Waals surface area contributed by atoms with E-state index in [1.807, 2.05) is 15.9 Å². The van der Waals surface area contributed by atoms with Gasteiger partial charge in [-0.1, -0.05) is 18.0 Å². The van der Waals surface area contributed by atoms with Gasteiger partial charge in [-0.25, -0.2) is 4.39 Å². The van der Waals surface area contributed by atoms with Gasteiger partial charge in [0.1, 0.15) is 5.82 Å². The Balaban J connectivity index is 1.43. The molecule has 2 fully saturated rings. The van der Waals surface area contributed by atoms with Crippen molar-refractivity contribution in [3.05, 3.63) is 41.8 Å². The molecule has 0 spiro atoms. The molecule has 8 heteroatoms. The largest absolute Gasteiger partial charge is 0.369 e. The summed E-state index contributed by atoms with van der Waals surface area (Å²) in [7, 11) is 0. The maximum absolute atomic E-state index is 14.3. The molecule has 0 saturated carbocycles. The summed E-state index contributed by atoms with van der Waals surface area (Å²) in [6, 6.07) is 6.36. The Kier molecular flexibility index (Phi) is 5.74. The third kappa shape index (κ3) is 4.09. The van der Waals surface area contributed by atoms with Gasteiger partial charge in [0.25, 0.3) is 0 Å². The van der Waals surface area contributed by atoms with E-state index in [1.54, 1.807) is 12.1 Å². The molecule has 1 amide bonds. The number of rotatable bonds is 3. The van der Waals surface area contributed by atoms with Crippen LogP contribution < -0.4 is 4.90 Å². The van der Waals surface area contributed by atoms with Crippen LogP contribution in [-0.2, 0) is 4.79 Å². The van der Waals surface area contributed by atoms with Crippen LogP contribution in [0.5, 0.6) is 0 Å². The summed E-state index contributed by atoms with van der Waals surface area (Å²) in [6.07, 6.45) is 6.62. The lowest BCUT2D eigenvalue weighted by atomic mass is 9.93. The van der Waals surface area contributed by atoms with Gasteiger partial charge in [0.05, 0.1) is 23.4 Å². The molecule has 2 aromatic rings. The summed E-state index contributed by atoms with van der Waals surface area (Å²) in [5.41, 5.74) is 0.805. The zero-order valence-electron chi connectivity index (χ0n) is 16.3. The van der Waals surface area contributed by atoms with Gasteiger partial charge in [-0.05, 0) is 43.9 Å². The van der Waals surface area contributed by atoms with Crippen LogP contribution in [0.4, 0.5) is 10.1 Å². The standard InChI is InChI=1S/C21H24FN5O2/c22-17-12-15(13-23)5-6-18(17)26-10-7-16(8-11-26)21(28)27-9-3-1-2-4-19(27)20-24-14-29-25-20/h5-6,12,14,16,19H,1-4,7-11H2. The molecule has 0 N–H and O–H groups in total. The number of hydrogen-bond acceptors (Lipinski definition) is 6. The molecule has 1 aromatic carbocycles. The lowest BCUT2D eigenvalue weighted by molar-refractivity contribution is -0.139. The van der Waals surface area contributed by atoms with Crippen molar-refractivity contribution < 1.29 is 13.7 Å². The van der Waals surface area contributed by atoms with Crippen molar-refractivity contribution in [1.29, 1.82) is 5.26 Å². The first-order chi connectivity index (χ1) is 14.2. The molecule has 4 rings (SSSR count). The molecule has 0 aliphatic carbocycles. The minimum absolute atomic E-state index is 0.0832. The van der Waals surface area contributed by atoms with Crippen molar-refractivity contribution in [3.63, 3.8) is 0 Å². The van der Waals surface area contributed by atoms with Crippen LogP contribution in [0, 0.1) is 23.1 Å². The summed E-state index contributed by atoms with van der Waals surface area (Å²) in [5, 5.41) is 12.9. The maximum atomic E-state index is 14.3. The van der Waals surface area contributed by atoms with Crippen molar-refractivity contribution in [2.45, 2.75) is 44.6 Å². The predicted octanol–water partition coefficient (Wildman–Crippen LogP) is 3.44. The van der Waals surface area contributed by atoms with Gasteiger partial charge in [-0.3, -0.25) is 4.79 Å². The highest BCUT2D eigenvalue weighted by molar-refractivity contribution is 5.79. The summed E-state index contributed by atoms with van der Waals surface area (Å²) < 4.78 is 19.2. The molecule has 2 aliphatic rings. The minimum atomic E-state index is -0.390. The quantitative estimate of drug-likeness (QED) is 0.789. The van der Waals surface area contributed by atoms with Crippen LogP contribution >= 0.6 is 0 Å². The summed E-state index contributed by atoms with van der Waals surface area (Å²) in [5.74, 6) is 0.248. The highest BCUT2D eigenvalue weighted by Gasteiger charge is 2.35. The van der Waals surface area contributed by atoms with Crippen LogP contribution in [0.1, 0.15) is 56.0 Å². The van der Waals surface area contributed by atoms with Crippen LogP contribution in [-0.4, -0.2) is 40.6 Å². The van der Waals surface area contributed by atoms with Crippen molar-refractivity contribution >= 4 is 11.6 Å². The Morgan fingerprint density at radius 2 is 2.00 bits per heavy atom. The summed E-state index contributed by atoms with van der Waals surface area (Å²) in [6.45, 7) is 1.93. The van der Waals surface area contributed by atoms with Gasteiger partial charge in [-0.15, -0.1) is 0 Å². The van der Waals surface area contributed by atoms with E-state index in [9.17, 15) is 9.18 Å². The maximum Gasteiger partial charge on any atom is 0.226 e. The second-order valence-electron chi connectivity index (χ2n) is 7.73. The van der Waals surface area contributed by atoms with Gasteiger partial charge < -0.3 is 14.3 Å². The number of piperidine rings is 1. The molecule has 2 aliphatic heterocycles. The number of halogens is 1. The first-order valence-electron chi connectivity index (χ1n) is 10.2. The number of hydrogen-bond donors (Lipinski definition) is 0. The summed E-state index contributed by atoms with van der Waals surface area (Å²) in [4.78, 5) is 21.4. The second kappa shape index (κ2) is 8.60. The normalized spacial score (nSPS) is 20.9. The van der Waals surface area contributed by atoms with Gasteiger partial charge in [0.2, 0.25) is 12.3 Å². The smallest absolute Gasteiger partial charge is 0.226 e. The van der Waals surface area contributed by atoms with Crippen LogP contribution in [0.2, 0.25) is 0 Å². The van der Waals surface area contributed by atoms with Crippen molar-refractivity contribution in [1.82, 2.24) is 15.0 Å². The van der Waals surface area contributed by atoms with Gasteiger partial charge in [0, 0.05) is 25.6 Å². The van der Waals surface area contributed by atoms with Gasteiger partial charge in [0.15, 0.2) is 5.82 Å². The number of amides is 1. The van der Waals surface area contributed by atoms with Crippen molar-refractivity contribution in [3.8, 4) is 6.07 Å². The number of benzene rings is 1. The number of nitriles is 1. The molecular weight excluding hydrogens is 373 g/mol. The number of carbonyl (C=O) groups is 1. The number of carbonyl (C=O) groups excluding carboxylic acids is 1. The first-order valence-corrected chi connectivity index (χ1v) is 10.2. The van der Waals surface area contributed by atoms with E-state index in [1.165, 1.54) is 12.5 Å². The zero-order valence-corrected chi connectivity index (χ0v) is 16.3. The Labute approximate surface area is 169 Å². The third-order valence-corrected chi connectivity index (χ3v) is 5.97. The third-order valence-electron chi connectivity index (χ3n) is 5.97. The Bertz CT molecular complexity index is 887. The van der Waals surface area contributed by atoms with E-state index >= 15 is 0 Å². The lowest BCUT2D eigenvalue weighted by Crippen LogP contribution is -2.44. The predicted molar refractivity (Wildman–Crippen MR) is 103 cm³/mol. The molecular formula is C21H24FN5O2. The Morgan fingerprint density at radius 1 is 1.17 bits per heavy atom. The van der Waals surface area contributed by atoms with E-state index < -0.39 is 5.82 Å². The molecule has 1 aromatic heterocycles. The molecule has 152 valence electrons. The fraction of sp³-hybridized carbons (Fsp3) is 0.524. The fourth-order valence-corrected chi connectivity index (χ4v) is 4.40. The average Bonchev–Trinajstić information content (AvgIpc) is 3.18. The molecule has 1 unspecified atom stereocenters. The SMILES string of the molecule is N#Cc1ccc(N2CCC(C(=O)N3CCCCCC3c3ncon3)CC2)c(F)c1. The Hall–Kier alpha value is -2.95.